The molecule has 118 valence electrons. The third-order valence-corrected chi connectivity index (χ3v) is 4.90. The first kappa shape index (κ1) is 15.5. The number of benzene rings is 1. The fourth-order valence-electron chi connectivity index (χ4n) is 2.94. The lowest BCUT2D eigenvalue weighted by atomic mass is 10.1. The molecule has 0 saturated carbocycles. The maximum atomic E-state index is 5.76. The molecular weight excluding hydrogens is 292 g/mol. The first-order valence-electron chi connectivity index (χ1n) is 8.17. The Morgan fingerprint density at radius 3 is 2.82 bits per heavy atom. The standard InChI is InChI=1S/C18H24N2OS/c1-3-21-17-8-7-14(2)11-15(17)16-13-22-18(19-16)12-20-9-5-4-6-10-20/h7-8,11,13H,3-6,9-10,12H2,1-2H3. The minimum Gasteiger partial charge on any atom is -0.493 e. The van der Waals surface area contributed by atoms with Crippen LogP contribution in [0.15, 0.2) is 23.6 Å². The molecular formula is C18H24N2OS. The van der Waals surface area contributed by atoms with Crippen LogP contribution in [0.4, 0.5) is 0 Å². The maximum absolute atomic E-state index is 5.76. The third-order valence-electron chi connectivity index (χ3n) is 4.07. The molecule has 0 N–H and O–H groups in total. The maximum Gasteiger partial charge on any atom is 0.128 e. The number of aromatic nitrogens is 1. The summed E-state index contributed by atoms with van der Waals surface area (Å²) in [6.07, 6.45) is 4.02. The quantitative estimate of drug-likeness (QED) is 0.812. The number of aryl methyl sites for hydroxylation is 1. The molecule has 0 aliphatic carbocycles. The summed E-state index contributed by atoms with van der Waals surface area (Å²) < 4.78 is 5.76. The molecule has 2 heterocycles. The molecule has 3 nitrogen and oxygen atoms in total. The summed E-state index contributed by atoms with van der Waals surface area (Å²) in [5.41, 5.74) is 3.40. The lowest BCUT2D eigenvalue weighted by Gasteiger charge is -2.25. The third kappa shape index (κ3) is 3.68. The van der Waals surface area contributed by atoms with E-state index in [1.165, 1.54) is 42.9 Å². The van der Waals surface area contributed by atoms with Gasteiger partial charge < -0.3 is 4.74 Å². The second-order valence-corrected chi connectivity index (χ2v) is 6.84. The Labute approximate surface area is 137 Å². The zero-order chi connectivity index (χ0) is 15.4. The number of piperidine rings is 1. The fourth-order valence-corrected chi connectivity index (χ4v) is 3.78. The van der Waals surface area contributed by atoms with Crippen LogP contribution >= 0.6 is 11.3 Å². The highest BCUT2D eigenvalue weighted by Gasteiger charge is 2.14. The zero-order valence-electron chi connectivity index (χ0n) is 13.5. The van der Waals surface area contributed by atoms with Gasteiger partial charge in [0.05, 0.1) is 18.8 Å². The Morgan fingerprint density at radius 1 is 1.23 bits per heavy atom. The van der Waals surface area contributed by atoms with Gasteiger partial charge in [-0.05, 0) is 51.9 Å². The van der Waals surface area contributed by atoms with Gasteiger partial charge in [0.15, 0.2) is 0 Å². The Hall–Kier alpha value is -1.39. The van der Waals surface area contributed by atoms with Crippen LogP contribution in [0.3, 0.4) is 0 Å². The van der Waals surface area contributed by atoms with Gasteiger partial charge in [0.1, 0.15) is 10.8 Å². The molecule has 4 heteroatoms. The Morgan fingerprint density at radius 2 is 2.05 bits per heavy atom. The van der Waals surface area contributed by atoms with Crippen molar-refractivity contribution in [2.45, 2.75) is 39.7 Å². The zero-order valence-corrected chi connectivity index (χ0v) is 14.3. The average Bonchev–Trinajstić information content (AvgIpc) is 2.99. The van der Waals surface area contributed by atoms with E-state index >= 15 is 0 Å². The van der Waals surface area contributed by atoms with E-state index in [1.54, 1.807) is 11.3 Å². The van der Waals surface area contributed by atoms with Gasteiger partial charge in [0, 0.05) is 10.9 Å². The molecule has 0 spiro atoms. The number of hydrogen-bond acceptors (Lipinski definition) is 4. The minimum absolute atomic E-state index is 0.681. The van der Waals surface area contributed by atoms with Crippen LogP contribution in [0.1, 0.15) is 36.8 Å². The van der Waals surface area contributed by atoms with Crippen LogP contribution in [-0.2, 0) is 6.54 Å². The minimum atomic E-state index is 0.681. The van der Waals surface area contributed by atoms with Gasteiger partial charge in [-0.15, -0.1) is 11.3 Å². The van der Waals surface area contributed by atoms with E-state index in [0.29, 0.717) is 6.61 Å². The highest BCUT2D eigenvalue weighted by Crippen LogP contribution is 2.32. The number of rotatable bonds is 5. The first-order valence-corrected chi connectivity index (χ1v) is 9.05. The average molecular weight is 316 g/mol. The van der Waals surface area contributed by atoms with E-state index in [9.17, 15) is 0 Å². The predicted molar refractivity (Wildman–Crippen MR) is 92.6 cm³/mol. The Balaban J connectivity index is 1.79. The number of nitrogens with zero attached hydrogens (tertiary/aromatic N) is 2. The van der Waals surface area contributed by atoms with Crippen LogP contribution in [0.2, 0.25) is 0 Å². The molecule has 0 bridgehead atoms. The van der Waals surface area contributed by atoms with Crippen molar-refractivity contribution < 1.29 is 4.74 Å². The lowest BCUT2D eigenvalue weighted by Crippen LogP contribution is -2.28. The van der Waals surface area contributed by atoms with Crippen molar-refractivity contribution in [2.75, 3.05) is 19.7 Å². The van der Waals surface area contributed by atoms with E-state index in [4.69, 9.17) is 9.72 Å². The topological polar surface area (TPSA) is 25.4 Å². The highest BCUT2D eigenvalue weighted by atomic mass is 32.1. The molecule has 0 amide bonds. The van der Waals surface area contributed by atoms with E-state index in [1.807, 2.05) is 6.92 Å². The molecule has 1 aliphatic rings. The summed E-state index contributed by atoms with van der Waals surface area (Å²) in [5, 5.41) is 3.37. The Kier molecular flexibility index (Phi) is 5.11. The second-order valence-electron chi connectivity index (χ2n) is 5.90. The van der Waals surface area contributed by atoms with Crippen LogP contribution < -0.4 is 4.74 Å². The summed E-state index contributed by atoms with van der Waals surface area (Å²) in [6, 6.07) is 6.32. The number of ether oxygens (including phenoxy) is 1. The van der Waals surface area contributed by atoms with Gasteiger partial charge in [-0.3, -0.25) is 4.90 Å². The summed E-state index contributed by atoms with van der Waals surface area (Å²) in [4.78, 5) is 7.38. The van der Waals surface area contributed by atoms with Crippen molar-refractivity contribution in [3.63, 3.8) is 0 Å². The normalized spacial score (nSPS) is 15.9. The smallest absolute Gasteiger partial charge is 0.128 e. The van der Waals surface area contributed by atoms with Gasteiger partial charge in [-0.2, -0.15) is 0 Å². The van der Waals surface area contributed by atoms with Gasteiger partial charge in [0.25, 0.3) is 0 Å². The van der Waals surface area contributed by atoms with Gasteiger partial charge in [-0.25, -0.2) is 4.98 Å². The van der Waals surface area contributed by atoms with Crippen molar-refractivity contribution in [1.82, 2.24) is 9.88 Å². The number of likely N-dealkylation sites (tertiary alicyclic amines) is 1. The molecule has 0 radical (unpaired) electrons. The van der Waals surface area contributed by atoms with Crippen molar-refractivity contribution in [2.24, 2.45) is 0 Å². The van der Waals surface area contributed by atoms with Crippen molar-refractivity contribution >= 4 is 11.3 Å². The van der Waals surface area contributed by atoms with Crippen molar-refractivity contribution in [1.29, 1.82) is 0 Å². The monoisotopic (exact) mass is 316 g/mol. The first-order chi connectivity index (χ1) is 10.8. The SMILES string of the molecule is CCOc1ccc(C)cc1-c1csc(CN2CCCCC2)n1. The molecule has 1 fully saturated rings. The van der Waals surface area contributed by atoms with Gasteiger partial charge in [0.2, 0.25) is 0 Å². The lowest BCUT2D eigenvalue weighted by molar-refractivity contribution is 0.220. The summed E-state index contributed by atoms with van der Waals surface area (Å²) in [6.45, 7) is 8.22. The largest absolute Gasteiger partial charge is 0.493 e. The molecule has 2 aromatic rings. The van der Waals surface area contributed by atoms with Crippen LogP contribution in [-0.4, -0.2) is 29.6 Å². The summed E-state index contributed by atoms with van der Waals surface area (Å²) >= 11 is 1.76. The van der Waals surface area contributed by atoms with E-state index in [0.717, 1.165) is 23.6 Å². The molecule has 0 unspecified atom stereocenters. The van der Waals surface area contributed by atoms with Gasteiger partial charge >= 0.3 is 0 Å². The Bertz CT molecular complexity index is 617. The van der Waals surface area contributed by atoms with Crippen LogP contribution in [0.5, 0.6) is 5.75 Å². The highest BCUT2D eigenvalue weighted by molar-refractivity contribution is 7.09. The predicted octanol–water partition coefficient (Wildman–Crippen LogP) is 4.50. The van der Waals surface area contributed by atoms with E-state index in [2.05, 4.69) is 35.4 Å². The van der Waals surface area contributed by atoms with Gasteiger partial charge in [-0.1, -0.05) is 18.1 Å². The summed E-state index contributed by atoms with van der Waals surface area (Å²) in [5.74, 6) is 0.933. The summed E-state index contributed by atoms with van der Waals surface area (Å²) in [7, 11) is 0. The van der Waals surface area contributed by atoms with E-state index in [-0.39, 0.29) is 0 Å². The van der Waals surface area contributed by atoms with Crippen LogP contribution in [0, 0.1) is 6.92 Å². The number of hydrogen-bond donors (Lipinski definition) is 0. The van der Waals surface area contributed by atoms with Crippen LogP contribution in [0.25, 0.3) is 11.3 Å². The molecule has 0 atom stereocenters. The van der Waals surface area contributed by atoms with Crippen molar-refractivity contribution in [3.05, 3.63) is 34.2 Å². The number of thiazole rings is 1. The molecule has 1 aromatic carbocycles. The molecule has 3 rings (SSSR count). The molecule has 22 heavy (non-hydrogen) atoms. The second kappa shape index (κ2) is 7.25. The van der Waals surface area contributed by atoms with E-state index < -0.39 is 0 Å². The van der Waals surface area contributed by atoms with Crippen molar-refractivity contribution in [3.8, 4) is 17.0 Å². The molecule has 1 aliphatic heterocycles. The molecule has 1 aromatic heterocycles. The molecule has 1 saturated heterocycles. The fraction of sp³-hybridized carbons (Fsp3) is 0.500.